The minimum absolute atomic E-state index is 0.0177. The zero-order valence-corrected chi connectivity index (χ0v) is 37.8. The van der Waals surface area contributed by atoms with Crippen LogP contribution in [0.15, 0.2) is 71.9 Å². The Balaban J connectivity index is 1.55. The van der Waals surface area contributed by atoms with Crippen LogP contribution >= 0.6 is 0 Å². The van der Waals surface area contributed by atoms with Gasteiger partial charge in [-0.3, -0.25) is 15.0 Å². The third kappa shape index (κ3) is 13.1. The summed E-state index contributed by atoms with van der Waals surface area (Å²) in [6, 6.07) is 10.6. The summed E-state index contributed by atoms with van der Waals surface area (Å²) in [7, 11) is 0. The van der Waals surface area contributed by atoms with Gasteiger partial charge in [-0.15, -0.1) is 6.58 Å². The van der Waals surface area contributed by atoms with Gasteiger partial charge in [-0.05, 0) is 91.8 Å². The summed E-state index contributed by atoms with van der Waals surface area (Å²) >= 11 is 0. The lowest BCUT2D eigenvalue weighted by atomic mass is 9.55. The second-order valence-electron chi connectivity index (χ2n) is 17.5. The Morgan fingerprint density at radius 3 is 2.27 bits per heavy atom. The Labute approximate surface area is 374 Å². The van der Waals surface area contributed by atoms with Crippen LogP contribution in [0, 0.1) is 27.9 Å². The van der Waals surface area contributed by atoms with Gasteiger partial charge in [-0.25, -0.2) is 4.79 Å². The van der Waals surface area contributed by atoms with E-state index in [-0.39, 0.29) is 62.0 Å². The molecular formula is C50H73N3O10. The summed E-state index contributed by atoms with van der Waals surface area (Å²) in [4.78, 5) is 33.2. The number of allylic oxidation sites excluding steroid dienone is 1. The highest BCUT2D eigenvalue weighted by Crippen LogP contribution is 2.62. The van der Waals surface area contributed by atoms with Crippen LogP contribution in [0.2, 0.25) is 0 Å². The number of fused-ring (bicyclic) bond motifs is 2. The van der Waals surface area contributed by atoms with E-state index in [0.29, 0.717) is 49.4 Å². The molecule has 2 aromatic carbocycles. The SMILES string of the molecule is C=CCOC12Oc3ccc(O)cc3C3C(CCCCO)C(CCCCO)C=C(C(=NOCc4ccc([N+](=O)[O-])cc4)CC1N(CCC)C(=O)OCCCCCCCCCCCC)C32. The third-order valence-corrected chi connectivity index (χ3v) is 13.0. The smallest absolute Gasteiger partial charge is 0.410 e. The molecule has 0 radical (unpaired) electrons. The van der Waals surface area contributed by atoms with Crippen molar-refractivity contribution in [3.05, 3.63) is 88.0 Å². The summed E-state index contributed by atoms with van der Waals surface area (Å²) in [5.41, 5.74) is 3.03. The van der Waals surface area contributed by atoms with Crippen molar-refractivity contribution in [2.75, 3.05) is 33.0 Å². The number of nitrogens with zero attached hydrogens (tertiary/aromatic N) is 3. The Hall–Kier alpha value is -4.46. The molecule has 6 unspecified atom stereocenters. The number of carbonyl (C=O) groups excluding carboxylic acids is 1. The molecule has 63 heavy (non-hydrogen) atoms. The van der Waals surface area contributed by atoms with Crippen molar-refractivity contribution in [3.63, 3.8) is 0 Å². The van der Waals surface area contributed by atoms with Gasteiger partial charge in [0.05, 0.1) is 29.8 Å². The number of hydrogen-bond donors (Lipinski definition) is 3. The second kappa shape index (κ2) is 25.7. The van der Waals surface area contributed by atoms with E-state index in [1.54, 1.807) is 41.3 Å². The number of phenols is 1. The highest BCUT2D eigenvalue weighted by molar-refractivity contribution is 6.03. The summed E-state index contributed by atoms with van der Waals surface area (Å²) in [6.07, 6.45) is 20.5. The minimum Gasteiger partial charge on any atom is -0.508 e. The number of carbonyl (C=O) groups is 1. The summed E-state index contributed by atoms with van der Waals surface area (Å²) in [5.74, 6) is -1.49. The first kappa shape index (κ1) is 49.6. The Morgan fingerprint density at radius 2 is 1.62 bits per heavy atom. The number of hydrogen-bond acceptors (Lipinski definition) is 11. The predicted molar refractivity (Wildman–Crippen MR) is 245 cm³/mol. The standard InChI is InChI=1S/C50H73N3O10/c1-4-7-8-9-10-11-12-13-14-19-32-60-49(57)52(28-5-2)46-35-44(51-62-36-37-22-24-39(25-23-37)53(58)59)42-33-38(20-15-17-29-54)41(21-16-18-30-55)47-43-34-40(56)26-27-45(43)63-50(46,48(42)47)61-31-6-3/h6,22-27,33-34,38,41,46-48,54-56H,3-5,7-21,28-32,35-36H2,1-2H3. The molecule has 2 aromatic rings. The van der Waals surface area contributed by atoms with Crippen molar-refractivity contribution < 1.29 is 44.1 Å². The molecular weight excluding hydrogens is 803 g/mol. The topological polar surface area (TPSA) is 173 Å². The molecule has 1 heterocycles. The lowest BCUT2D eigenvalue weighted by molar-refractivity contribution is -0.384. The Morgan fingerprint density at radius 1 is 0.937 bits per heavy atom. The van der Waals surface area contributed by atoms with Crippen LogP contribution in [0.1, 0.15) is 146 Å². The van der Waals surface area contributed by atoms with Gasteiger partial charge in [-0.1, -0.05) is 102 Å². The highest BCUT2D eigenvalue weighted by Gasteiger charge is 2.65. The summed E-state index contributed by atoms with van der Waals surface area (Å²) < 4.78 is 20.3. The van der Waals surface area contributed by atoms with Gasteiger partial charge in [0.2, 0.25) is 5.79 Å². The average Bonchev–Trinajstić information content (AvgIpc) is 3.28. The van der Waals surface area contributed by atoms with Gasteiger partial charge in [0.1, 0.15) is 24.1 Å². The Kier molecular flexibility index (Phi) is 20.2. The first-order chi connectivity index (χ1) is 30.7. The lowest BCUT2D eigenvalue weighted by Gasteiger charge is -2.59. The average molecular weight is 876 g/mol. The van der Waals surface area contributed by atoms with Gasteiger partial charge >= 0.3 is 6.09 Å². The van der Waals surface area contributed by atoms with Crippen molar-refractivity contribution in [3.8, 4) is 11.5 Å². The van der Waals surface area contributed by atoms with E-state index in [4.69, 9.17) is 24.2 Å². The van der Waals surface area contributed by atoms with Gasteiger partial charge in [0, 0.05) is 49.8 Å². The lowest BCUT2D eigenvalue weighted by Crippen LogP contribution is -2.70. The van der Waals surface area contributed by atoms with Crippen molar-refractivity contribution in [1.82, 2.24) is 4.90 Å². The highest BCUT2D eigenvalue weighted by atomic mass is 16.7. The van der Waals surface area contributed by atoms with Gasteiger partial charge in [0.15, 0.2) is 0 Å². The number of rotatable bonds is 29. The maximum Gasteiger partial charge on any atom is 0.410 e. The normalized spacial score (nSPS) is 23.0. The quantitative estimate of drug-likeness (QED) is 0.0309. The number of aliphatic hydroxyl groups excluding tert-OH is 2. The first-order valence-corrected chi connectivity index (χ1v) is 23.8. The fourth-order valence-corrected chi connectivity index (χ4v) is 10.0. The van der Waals surface area contributed by atoms with Crippen LogP contribution in [0.3, 0.4) is 0 Å². The van der Waals surface area contributed by atoms with Crippen molar-refractivity contribution in [1.29, 1.82) is 0 Å². The molecule has 0 aromatic heterocycles. The molecule has 3 aliphatic rings. The number of aliphatic hydroxyl groups is 2. The van der Waals surface area contributed by atoms with Gasteiger partial charge < -0.3 is 34.4 Å². The van der Waals surface area contributed by atoms with E-state index in [1.165, 1.54) is 57.1 Å². The molecule has 1 amide bonds. The maximum absolute atomic E-state index is 14.5. The fourth-order valence-electron chi connectivity index (χ4n) is 10.0. The molecule has 0 bridgehead atoms. The maximum atomic E-state index is 14.5. The van der Waals surface area contributed by atoms with Crippen LogP contribution in [0.4, 0.5) is 10.5 Å². The number of ether oxygens (including phenoxy) is 3. The van der Waals surface area contributed by atoms with Crippen molar-refractivity contribution in [2.45, 2.75) is 154 Å². The van der Waals surface area contributed by atoms with E-state index in [9.17, 15) is 30.2 Å². The number of oxime groups is 1. The van der Waals surface area contributed by atoms with Gasteiger partial charge in [0.25, 0.3) is 5.69 Å². The van der Waals surface area contributed by atoms with Crippen molar-refractivity contribution in [2.24, 2.45) is 22.9 Å². The van der Waals surface area contributed by atoms with Crippen LogP contribution in [-0.2, 0) is 20.9 Å². The van der Waals surface area contributed by atoms with E-state index < -0.39 is 28.8 Å². The monoisotopic (exact) mass is 876 g/mol. The molecule has 0 saturated heterocycles. The predicted octanol–water partition coefficient (Wildman–Crippen LogP) is 10.9. The number of non-ortho nitro benzene ring substituents is 1. The number of aromatic hydroxyl groups is 1. The zero-order chi connectivity index (χ0) is 45.0. The van der Waals surface area contributed by atoms with Crippen LogP contribution in [0.5, 0.6) is 11.5 Å². The molecule has 348 valence electrons. The zero-order valence-electron chi connectivity index (χ0n) is 37.8. The minimum atomic E-state index is -1.43. The molecule has 1 aliphatic heterocycles. The molecule has 5 rings (SSSR count). The molecule has 6 atom stereocenters. The summed E-state index contributed by atoms with van der Waals surface area (Å²) in [6.45, 7) is 9.26. The van der Waals surface area contributed by atoms with E-state index in [1.807, 2.05) is 6.92 Å². The van der Waals surface area contributed by atoms with E-state index in [0.717, 1.165) is 56.1 Å². The number of nitro groups is 1. The number of phenolic OH excluding ortho intramolecular Hbond substituents is 1. The van der Waals surface area contributed by atoms with Gasteiger partial charge in [-0.2, -0.15) is 0 Å². The molecule has 3 N–H and O–H groups in total. The molecule has 1 saturated carbocycles. The number of benzene rings is 2. The van der Waals surface area contributed by atoms with Crippen molar-refractivity contribution >= 4 is 17.5 Å². The van der Waals surface area contributed by atoms with E-state index >= 15 is 0 Å². The summed E-state index contributed by atoms with van der Waals surface area (Å²) in [5, 5.41) is 46.9. The molecule has 1 fully saturated rings. The number of amides is 1. The largest absolute Gasteiger partial charge is 0.508 e. The molecule has 0 spiro atoms. The second-order valence-corrected chi connectivity index (χ2v) is 17.5. The van der Waals surface area contributed by atoms with Crippen LogP contribution in [-0.4, -0.2) is 81.7 Å². The third-order valence-electron chi connectivity index (χ3n) is 13.0. The number of unbranched alkanes of at least 4 members (excludes halogenated alkanes) is 11. The molecule has 13 heteroatoms. The van der Waals surface area contributed by atoms with Crippen LogP contribution in [0.25, 0.3) is 0 Å². The van der Waals surface area contributed by atoms with E-state index in [2.05, 4.69) is 19.6 Å². The Bertz CT molecular complexity index is 1800. The fraction of sp³-hybridized carbons (Fsp3) is 0.640. The molecule has 2 aliphatic carbocycles. The first-order valence-electron chi connectivity index (χ1n) is 23.8. The van der Waals surface area contributed by atoms with Crippen LogP contribution < -0.4 is 4.74 Å². The molecule has 13 nitrogen and oxygen atoms in total. The number of nitro benzene ring substituents is 1.